The number of amides is 1. The number of hydrogen-bond donors (Lipinski definition) is 1. The lowest BCUT2D eigenvalue weighted by molar-refractivity contribution is -0.730. The van der Waals surface area contributed by atoms with Crippen molar-refractivity contribution in [2.75, 3.05) is 37.6 Å². The van der Waals surface area contributed by atoms with Crippen LogP contribution in [0.15, 0.2) is 18.2 Å². The standard InChI is InChI=1S/C24H35N3O/c1-17-4-3-5-22(18(17)2)26-6-8-27(9-7-26)23(28)16-25-24-13-19-10-20(14-24)12-21(11-19)15-24/h3-5,19-21,25H,6-16H2,1-2H3/p+1. The van der Waals surface area contributed by atoms with Gasteiger partial charge in [-0.05, 0) is 68.1 Å². The molecule has 1 amide bonds. The van der Waals surface area contributed by atoms with Gasteiger partial charge in [0.15, 0.2) is 6.54 Å². The van der Waals surface area contributed by atoms with Gasteiger partial charge in [0, 0.05) is 51.1 Å². The van der Waals surface area contributed by atoms with Gasteiger partial charge in [0.1, 0.15) is 0 Å². The summed E-state index contributed by atoms with van der Waals surface area (Å²) in [5.74, 6) is 3.23. The zero-order chi connectivity index (χ0) is 19.3. The van der Waals surface area contributed by atoms with Gasteiger partial charge in [-0.25, -0.2) is 0 Å². The van der Waals surface area contributed by atoms with Crippen LogP contribution in [-0.4, -0.2) is 49.1 Å². The molecule has 1 heterocycles. The number of carbonyl (C=O) groups is 1. The summed E-state index contributed by atoms with van der Waals surface area (Å²) in [5, 5.41) is 2.47. The average Bonchev–Trinajstić information content (AvgIpc) is 2.67. The number of piperazine rings is 1. The molecule has 2 N–H and O–H groups in total. The quantitative estimate of drug-likeness (QED) is 0.869. The molecule has 0 spiro atoms. The van der Waals surface area contributed by atoms with Crippen molar-refractivity contribution in [1.82, 2.24) is 4.90 Å². The highest BCUT2D eigenvalue weighted by Gasteiger charge is 2.53. The zero-order valence-electron chi connectivity index (χ0n) is 17.6. The topological polar surface area (TPSA) is 40.2 Å². The molecule has 1 aliphatic heterocycles. The molecule has 4 saturated carbocycles. The summed E-state index contributed by atoms with van der Waals surface area (Å²) in [4.78, 5) is 17.5. The molecule has 4 aliphatic carbocycles. The van der Waals surface area contributed by atoms with Crippen molar-refractivity contribution in [3.8, 4) is 0 Å². The molecule has 0 unspecified atom stereocenters. The Balaban J connectivity index is 1.15. The molecular weight excluding hydrogens is 346 g/mol. The Kier molecular flexibility index (Phi) is 4.65. The molecule has 1 aromatic rings. The van der Waals surface area contributed by atoms with Crippen molar-refractivity contribution >= 4 is 11.6 Å². The molecule has 6 rings (SSSR count). The van der Waals surface area contributed by atoms with E-state index in [1.54, 1.807) is 0 Å². The maximum absolute atomic E-state index is 12.9. The van der Waals surface area contributed by atoms with Gasteiger partial charge in [0.2, 0.25) is 0 Å². The zero-order valence-corrected chi connectivity index (χ0v) is 17.6. The van der Waals surface area contributed by atoms with E-state index in [0.29, 0.717) is 18.0 Å². The second-order valence-corrected chi connectivity index (χ2v) is 10.3. The highest BCUT2D eigenvalue weighted by atomic mass is 16.2. The number of rotatable bonds is 4. The summed E-state index contributed by atoms with van der Waals surface area (Å²) in [5.41, 5.74) is 4.47. The first-order chi connectivity index (χ1) is 13.5. The van der Waals surface area contributed by atoms with Crippen LogP contribution in [0.1, 0.15) is 49.7 Å². The van der Waals surface area contributed by atoms with E-state index in [2.05, 4.69) is 47.2 Å². The predicted octanol–water partition coefficient (Wildman–Crippen LogP) is 2.48. The summed E-state index contributed by atoms with van der Waals surface area (Å²) in [6, 6.07) is 6.55. The van der Waals surface area contributed by atoms with Gasteiger partial charge in [0.25, 0.3) is 5.91 Å². The number of aryl methyl sites for hydroxylation is 1. The number of quaternary nitrogens is 1. The fraction of sp³-hybridized carbons (Fsp3) is 0.708. The fourth-order valence-electron chi connectivity index (χ4n) is 7.14. The van der Waals surface area contributed by atoms with Crippen LogP contribution in [0.2, 0.25) is 0 Å². The van der Waals surface area contributed by atoms with Crippen LogP contribution < -0.4 is 10.2 Å². The van der Waals surface area contributed by atoms with Gasteiger partial charge in [-0.15, -0.1) is 0 Å². The molecule has 0 atom stereocenters. The number of anilines is 1. The average molecular weight is 383 g/mol. The summed E-state index contributed by atoms with van der Waals surface area (Å²) in [6.45, 7) is 8.68. The number of nitrogens with zero attached hydrogens (tertiary/aromatic N) is 2. The summed E-state index contributed by atoms with van der Waals surface area (Å²) < 4.78 is 0. The van der Waals surface area contributed by atoms with Crippen LogP contribution in [0.25, 0.3) is 0 Å². The van der Waals surface area contributed by atoms with Gasteiger partial charge >= 0.3 is 0 Å². The third kappa shape index (κ3) is 3.34. The molecular formula is C24H36N3O+. The van der Waals surface area contributed by atoms with Crippen molar-refractivity contribution < 1.29 is 10.1 Å². The lowest BCUT2D eigenvalue weighted by atomic mass is 9.53. The molecule has 1 saturated heterocycles. The lowest BCUT2D eigenvalue weighted by Crippen LogP contribution is -3.00. The molecule has 5 aliphatic rings. The van der Waals surface area contributed by atoms with E-state index in [-0.39, 0.29) is 0 Å². The van der Waals surface area contributed by atoms with Gasteiger partial charge in [-0.2, -0.15) is 0 Å². The van der Waals surface area contributed by atoms with Crippen LogP contribution in [-0.2, 0) is 4.79 Å². The smallest absolute Gasteiger partial charge is 0.277 e. The van der Waals surface area contributed by atoms with Gasteiger partial charge in [-0.3, -0.25) is 4.79 Å². The van der Waals surface area contributed by atoms with E-state index in [4.69, 9.17) is 0 Å². The van der Waals surface area contributed by atoms with Crippen LogP contribution in [0.3, 0.4) is 0 Å². The van der Waals surface area contributed by atoms with Crippen molar-refractivity contribution in [2.45, 2.75) is 57.9 Å². The first-order valence-corrected chi connectivity index (χ1v) is 11.4. The van der Waals surface area contributed by atoms with Crippen LogP contribution in [0, 0.1) is 31.6 Å². The van der Waals surface area contributed by atoms with E-state index in [9.17, 15) is 4.79 Å². The second-order valence-electron chi connectivity index (χ2n) is 10.3. The van der Waals surface area contributed by atoms with Crippen LogP contribution >= 0.6 is 0 Å². The van der Waals surface area contributed by atoms with Gasteiger partial charge in [-0.1, -0.05) is 12.1 Å². The Morgan fingerprint density at radius 1 is 1.00 bits per heavy atom. The maximum atomic E-state index is 12.9. The highest BCUT2D eigenvalue weighted by molar-refractivity contribution is 5.77. The molecule has 0 aromatic heterocycles. The minimum absolute atomic E-state index is 0.358. The maximum Gasteiger partial charge on any atom is 0.277 e. The molecule has 4 heteroatoms. The van der Waals surface area contributed by atoms with E-state index in [0.717, 1.165) is 43.9 Å². The Bertz CT molecular complexity index is 715. The highest BCUT2D eigenvalue weighted by Crippen LogP contribution is 2.54. The van der Waals surface area contributed by atoms with Crippen molar-refractivity contribution in [3.63, 3.8) is 0 Å². The SMILES string of the molecule is Cc1cccc(N2CCN(C(=O)C[NH2+]C34CC5CC(CC(C5)C3)C4)CC2)c1C. The van der Waals surface area contributed by atoms with Crippen LogP contribution in [0.4, 0.5) is 5.69 Å². The van der Waals surface area contributed by atoms with Crippen LogP contribution in [0.5, 0.6) is 0 Å². The number of carbonyl (C=O) groups excluding carboxylic acids is 1. The third-order valence-electron chi connectivity index (χ3n) is 8.34. The Morgan fingerprint density at radius 2 is 1.61 bits per heavy atom. The molecule has 4 bridgehead atoms. The second kappa shape index (κ2) is 7.05. The molecule has 152 valence electrons. The fourth-order valence-corrected chi connectivity index (χ4v) is 7.14. The molecule has 5 fully saturated rings. The molecule has 0 radical (unpaired) electrons. The van der Waals surface area contributed by atoms with Gasteiger partial charge < -0.3 is 15.1 Å². The Labute approximate surface area is 169 Å². The molecule has 28 heavy (non-hydrogen) atoms. The molecule has 1 aromatic carbocycles. The van der Waals surface area contributed by atoms with Gasteiger partial charge in [0.05, 0.1) is 5.54 Å². The lowest BCUT2D eigenvalue weighted by Gasteiger charge is -2.54. The van der Waals surface area contributed by atoms with E-state index < -0.39 is 0 Å². The first kappa shape index (κ1) is 18.5. The normalized spacial score (nSPS) is 34.1. The van der Waals surface area contributed by atoms with E-state index >= 15 is 0 Å². The van der Waals surface area contributed by atoms with E-state index in [1.807, 2.05) is 0 Å². The monoisotopic (exact) mass is 382 g/mol. The third-order valence-corrected chi connectivity index (χ3v) is 8.34. The Morgan fingerprint density at radius 3 is 2.21 bits per heavy atom. The minimum atomic E-state index is 0.358. The number of nitrogens with two attached hydrogens (primary N) is 1. The minimum Gasteiger partial charge on any atom is -0.368 e. The largest absolute Gasteiger partial charge is 0.368 e. The molecule has 4 nitrogen and oxygen atoms in total. The predicted molar refractivity (Wildman–Crippen MR) is 112 cm³/mol. The van der Waals surface area contributed by atoms with Crippen molar-refractivity contribution in [2.24, 2.45) is 17.8 Å². The summed E-state index contributed by atoms with van der Waals surface area (Å²) in [7, 11) is 0. The number of hydrogen-bond acceptors (Lipinski definition) is 2. The Hall–Kier alpha value is -1.55. The number of benzene rings is 1. The van der Waals surface area contributed by atoms with E-state index in [1.165, 1.54) is 55.3 Å². The summed E-state index contributed by atoms with van der Waals surface area (Å²) in [6.07, 6.45) is 8.52. The summed E-state index contributed by atoms with van der Waals surface area (Å²) >= 11 is 0. The van der Waals surface area contributed by atoms with Crippen molar-refractivity contribution in [3.05, 3.63) is 29.3 Å². The first-order valence-electron chi connectivity index (χ1n) is 11.4. The van der Waals surface area contributed by atoms with Crippen molar-refractivity contribution in [1.29, 1.82) is 0 Å².